The predicted octanol–water partition coefficient (Wildman–Crippen LogP) is 0.740. The molecule has 90 valence electrons. The zero-order valence-electron chi connectivity index (χ0n) is 10.1. The Bertz CT molecular complexity index is 373. The monoisotopic (exact) mass is 226 g/mol. The van der Waals surface area contributed by atoms with Gasteiger partial charge in [0.2, 0.25) is 0 Å². The lowest BCUT2D eigenvalue weighted by Gasteiger charge is -2.14. The molecule has 0 bridgehead atoms. The molecule has 0 aliphatic carbocycles. The number of ether oxygens (including phenoxy) is 1. The van der Waals surface area contributed by atoms with E-state index in [1.165, 1.54) is 0 Å². The second-order valence-corrected chi connectivity index (χ2v) is 4.14. The van der Waals surface area contributed by atoms with Gasteiger partial charge in [0, 0.05) is 13.7 Å². The van der Waals surface area contributed by atoms with Gasteiger partial charge in [-0.15, -0.1) is 5.10 Å². The molecule has 0 radical (unpaired) electrons. The second-order valence-electron chi connectivity index (χ2n) is 4.14. The van der Waals surface area contributed by atoms with Crippen LogP contribution in [0.5, 0.6) is 0 Å². The standard InChI is InChI=1S/C10H18N4O2/c1-6(2)5-14-9(7(3)16-4)8(10(11)15)12-13-14/h6-7H,5H2,1-4H3,(H2,11,15). The molecule has 0 spiro atoms. The summed E-state index contributed by atoms with van der Waals surface area (Å²) in [4.78, 5) is 11.2. The number of rotatable bonds is 5. The average Bonchev–Trinajstić information content (AvgIpc) is 2.59. The molecule has 1 aromatic rings. The van der Waals surface area contributed by atoms with Crippen molar-refractivity contribution in [2.24, 2.45) is 11.7 Å². The van der Waals surface area contributed by atoms with Crippen molar-refractivity contribution >= 4 is 5.91 Å². The van der Waals surface area contributed by atoms with Crippen molar-refractivity contribution in [3.8, 4) is 0 Å². The molecule has 0 saturated carbocycles. The first-order valence-electron chi connectivity index (χ1n) is 5.23. The van der Waals surface area contributed by atoms with Gasteiger partial charge in [0.1, 0.15) is 5.69 Å². The highest BCUT2D eigenvalue weighted by Gasteiger charge is 2.22. The molecule has 1 unspecified atom stereocenters. The summed E-state index contributed by atoms with van der Waals surface area (Å²) in [6.45, 7) is 6.64. The lowest BCUT2D eigenvalue weighted by atomic mass is 10.2. The zero-order valence-corrected chi connectivity index (χ0v) is 10.1. The minimum absolute atomic E-state index is 0.190. The minimum Gasteiger partial charge on any atom is -0.375 e. The maximum absolute atomic E-state index is 11.2. The van der Waals surface area contributed by atoms with Gasteiger partial charge in [-0.1, -0.05) is 19.1 Å². The van der Waals surface area contributed by atoms with Gasteiger partial charge in [0.15, 0.2) is 5.69 Å². The van der Waals surface area contributed by atoms with Crippen molar-refractivity contribution < 1.29 is 9.53 Å². The number of amides is 1. The highest BCUT2D eigenvalue weighted by molar-refractivity contribution is 5.91. The summed E-state index contributed by atoms with van der Waals surface area (Å²) in [5, 5.41) is 7.73. The van der Waals surface area contributed by atoms with E-state index in [4.69, 9.17) is 10.5 Å². The Morgan fingerprint density at radius 1 is 1.50 bits per heavy atom. The SMILES string of the molecule is COC(C)c1c(C(N)=O)nnn1CC(C)C. The third-order valence-corrected chi connectivity index (χ3v) is 2.28. The first-order valence-corrected chi connectivity index (χ1v) is 5.23. The predicted molar refractivity (Wildman–Crippen MR) is 58.8 cm³/mol. The van der Waals surface area contributed by atoms with Crippen LogP contribution >= 0.6 is 0 Å². The number of methoxy groups -OCH3 is 1. The Morgan fingerprint density at radius 3 is 2.56 bits per heavy atom. The normalized spacial score (nSPS) is 13.1. The van der Waals surface area contributed by atoms with E-state index in [0.717, 1.165) is 0 Å². The number of carbonyl (C=O) groups excluding carboxylic acids is 1. The van der Waals surface area contributed by atoms with Crippen LogP contribution in [0.4, 0.5) is 0 Å². The Kier molecular flexibility index (Phi) is 4.00. The van der Waals surface area contributed by atoms with Crippen molar-refractivity contribution in [1.29, 1.82) is 0 Å². The van der Waals surface area contributed by atoms with Gasteiger partial charge < -0.3 is 10.5 Å². The van der Waals surface area contributed by atoms with E-state index >= 15 is 0 Å². The molecule has 6 nitrogen and oxygen atoms in total. The molecule has 0 aromatic carbocycles. The molecule has 0 saturated heterocycles. The molecule has 1 heterocycles. The summed E-state index contributed by atoms with van der Waals surface area (Å²) in [7, 11) is 1.57. The average molecular weight is 226 g/mol. The largest absolute Gasteiger partial charge is 0.375 e. The number of primary amides is 1. The molecule has 16 heavy (non-hydrogen) atoms. The van der Waals surface area contributed by atoms with Gasteiger partial charge in [0.05, 0.1) is 6.10 Å². The maximum Gasteiger partial charge on any atom is 0.271 e. The van der Waals surface area contributed by atoms with E-state index in [1.807, 2.05) is 6.92 Å². The van der Waals surface area contributed by atoms with Crippen molar-refractivity contribution in [2.75, 3.05) is 7.11 Å². The first kappa shape index (κ1) is 12.6. The smallest absolute Gasteiger partial charge is 0.271 e. The topological polar surface area (TPSA) is 83.0 Å². The van der Waals surface area contributed by atoms with Crippen LogP contribution in [0.25, 0.3) is 0 Å². The molecule has 1 aromatic heterocycles. The highest BCUT2D eigenvalue weighted by atomic mass is 16.5. The van der Waals surface area contributed by atoms with Crippen LogP contribution in [0.3, 0.4) is 0 Å². The number of nitrogens with zero attached hydrogens (tertiary/aromatic N) is 3. The quantitative estimate of drug-likeness (QED) is 0.802. The van der Waals surface area contributed by atoms with Gasteiger partial charge in [0.25, 0.3) is 5.91 Å². The number of carbonyl (C=O) groups is 1. The molecular formula is C10H18N4O2. The van der Waals surface area contributed by atoms with Crippen LogP contribution in [0.15, 0.2) is 0 Å². The van der Waals surface area contributed by atoms with Gasteiger partial charge in [-0.3, -0.25) is 4.79 Å². The van der Waals surface area contributed by atoms with Crippen LogP contribution in [-0.2, 0) is 11.3 Å². The van der Waals surface area contributed by atoms with Crippen molar-refractivity contribution in [3.05, 3.63) is 11.4 Å². The lowest BCUT2D eigenvalue weighted by molar-refractivity contribution is 0.0959. The van der Waals surface area contributed by atoms with Gasteiger partial charge >= 0.3 is 0 Å². The van der Waals surface area contributed by atoms with E-state index in [-0.39, 0.29) is 11.8 Å². The third kappa shape index (κ3) is 2.57. The second kappa shape index (κ2) is 5.07. The number of aromatic nitrogens is 3. The Morgan fingerprint density at radius 2 is 2.12 bits per heavy atom. The third-order valence-electron chi connectivity index (χ3n) is 2.28. The van der Waals surface area contributed by atoms with Gasteiger partial charge in [-0.05, 0) is 12.8 Å². The van der Waals surface area contributed by atoms with Gasteiger partial charge in [-0.25, -0.2) is 4.68 Å². The van der Waals surface area contributed by atoms with Crippen LogP contribution < -0.4 is 5.73 Å². The van der Waals surface area contributed by atoms with Crippen LogP contribution in [-0.4, -0.2) is 28.0 Å². The fraction of sp³-hybridized carbons (Fsp3) is 0.700. The Balaban J connectivity index is 3.14. The summed E-state index contributed by atoms with van der Waals surface area (Å²) in [6.07, 6.45) is -0.253. The first-order chi connectivity index (χ1) is 7.47. The Hall–Kier alpha value is -1.43. The fourth-order valence-electron chi connectivity index (χ4n) is 1.49. The molecule has 0 aliphatic heterocycles. The molecule has 1 rings (SSSR count). The molecular weight excluding hydrogens is 208 g/mol. The highest BCUT2D eigenvalue weighted by Crippen LogP contribution is 2.19. The van der Waals surface area contributed by atoms with Crippen LogP contribution in [0, 0.1) is 5.92 Å². The Labute approximate surface area is 94.8 Å². The zero-order chi connectivity index (χ0) is 12.3. The van der Waals surface area contributed by atoms with E-state index in [0.29, 0.717) is 18.2 Å². The minimum atomic E-state index is -0.575. The molecule has 0 aliphatic rings. The van der Waals surface area contributed by atoms with Crippen LogP contribution in [0.2, 0.25) is 0 Å². The van der Waals surface area contributed by atoms with E-state index in [1.54, 1.807) is 11.8 Å². The van der Waals surface area contributed by atoms with Crippen LogP contribution in [0.1, 0.15) is 43.1 Å². The molecule has 1 amide bonds. The summed E-state index contributed by atoms with van der Waals surface area (Å²) in [5.74, 6) is -0.167. The number of hydrogen-bond donors (Lipinski definition) is 1. The summed E-state index contributed by atoms with van der Waals surface area (Å²) in [5.41, 5.74) is 6.07. The molecule has 1 atom stereocenters. The fourth-order valence-corrected chi connectivity index (χ4v) is 1.49. The van der Waals surface area contributed by atoms with E-state index in [2.05, 4.69) is 24.2 Å². The van der Waals surface area contributed by atoms with E-state index < -0.39 is 5.91 Å². The molecule has 6 heteroatoms. The number of hydrogen-bond acceptors (Lipinski definition) is 4. The van der Waals surface area contributed by atoms with Gasteiger partial charge in [-0.2, -0.15) is 0 Å². The maximum atomic E-state index is 11.2. The van der Waals surface area contributed by atoms with Crippen molar-refractivity contribution in [3.63, 3.8) is 0 Å². The number of nitrogens with two attached hydrogens (primary N) is 1. The lowest BCUT2D eigenvalue weighted by Crippen LogP contribution is -2.18. The van der Waals surface area contributed by atoms with E-state index in [9.17, 15) is 4.79 Å². The summed E-state index contributed by atoms with van der Waals surface area (Å²) < 4.78 is 6.88. The van der Waals surface area contributed by atoms with Crippen molar-refractivity contribution in [1.82, 2.24) is 15.0 Å². The molecule has 0 fully saturated rings. The molecule has 2 N–H and O–H groups in total. The van der Waals surface area contributed by atoms with Crippen molar-refractivity contribution in [2.45, 2.75) is 33.4 Å². The summed E-state index contributed by atoms with van der Waals surface area (Å²) >= 11 is 0. The summed E-state index contributed by atoms with van der Waals surface area (Å²) in [6, 6.07) is 0.